The van der Waals surface area contributed by atoms with E-state index in [2.05, 4.69) is 29.0 Å². The van der Waals surface area contributed by atoms with E-state index in [4.69, 9.17) is 5.11 Å². The van der Waals surface area contributed by atoms with Crippen LogP contribution in [0.2, 0.25) is 0 Å². The Hall–Kier alpha value is -1.74. The zero-order chi connectivity index (χ0) is 13.1. The Kier molecular flexibility index (Phi) is 3.72. The highest BCUT2D eigenvalue weighted by atomic mass is 16.2. The molecule has 0 aliphatic heterocycles. The van der Waals surface area contributed by atoms with Crippen molar-refractivity contribution in [1.29, 1.82) is 0 Å². The van der Waals surface area contributed by atoms with Gasteiger partial charge in [-0.05, 0) is 32.8 Å². The normalized spacial score (nSPS) is 10.7. The van der Waals surface area contributed by atoms with E-state index in [1.807, 2.05) is 26.0 Å². The van der Waals surface area contributed by atoms with Crippen LogP contribution in [0.1, 0.15) is 22.5 Å². The number of aryl methyl sites for hydroxylation is 3. The molecule has 0 saturated carbocycles. The molecule has 3 heteroatoms. The molecular weight excluding hydrogens is 224 g/mol. The molecule has 0 fully saturated rings. The zero-order valence-electron chi connectivity index (χ0n) is 11.1. The SMILES string of the molecule is Cc1ccc(-c2nc(C)c(CCO)c(C)n2)cc1. The molecule has 2 aromatic rings. The third-order valence-electron chi connectivity index (χ3n) is 3.09. The smallest absolute Gasteiger partial charge is 0.159 e. The first-order valence-electron chi connectivity index (χ1n) is 6.14. The average molecular weight is 242 g/mol. The van der Waals surface area contributed by atoms with Crippen LogP contribution in [-0.4, -0.2) is 21.7 Å². The van der Waals surface area contributed by atoms with Crippen molar-refractivity contribution in [2.45, 2.75) is 27.2 Å². The quantitative estimate of drug-likeness (QED) is 0.900. The number of aromatic nitrogens is 2. The maximum Gasteiger partial charge on any atom is 0.159 e. The molecular formula is C15H18N2O. The minimum atomic E-state index is 0.134. The number of rotatable bonds is 3. The monoisotopic (exact) mass is 242 g/mol. The van der Waals surface area contributed by atoms with E-state index in [1.54, 1.807) is 0 Å². The van der Waals surface area contributed by atoms with Gasteiger partial charge in [-0.25, -0.2) is 9.97 Å². The maximum atomic E-state index is 9.03. The first-order valence-corrected chi connectivity index (χ1v) is 6.14. The topological polar surface area (TPSA) is 46.0 Å². The molecule has 18 heavy (non-hydrogen) atoms. The van der Waals surface area contributed by atoms with Crippen molar-refractivity contribution < 1.29 is 5.11 Å². The Bertz CT molecular complexity index is 524. The van der Waals surface area contributed by atoms with Crippen LogP contribution >= 0.6 is 0 Å². The van der Waals surface area contributed by atoms with Gasteiger partial charge >= 0.3 is 0 Å². The van der Waals surface area contributed by atoms with E-state index in [-0.39, 0.29) is 6.61 Å². The third-order valence-corrected chi connectivity index (χ3v) is 3.09. The molecule has 0 unspecified atom stereocenters. The first kappa shape index (κ1) is 12.7. The van der Waals surface area contributed by atoms with Crippen LogP contribution in [0.5, 0.6) is 0 Å². The van der Waals surface area contributed by atoms with Crippen molar-refractivity contribution in [3.8, 4) is 11.4 Å². The predicted octanol–water partition coefficient (Wildman–Crippen LogP) is 2.60. The van der Waals surface area contributed by atoms with Gasteiger partial charge in [-0.15, -0.1) is 0 Å². The highest BCUT2D eigenvalue weighted by Gasteiger charge is 2.09. The molecule has 1 aromatic heterocycles. The lowest BCUT2D eigenvalue weighted by Crippen LogP contribution is -2.04. The second-order valence-corrected chi connectivity index (χ2v) is 4.54. The summed E-state index contributed by atoms with van der Waals surface area (Å²) in [5, 5.41) is 9.03. The fourth-order valence-electron chi connectivity index (χ4n) is 2.04. The Labute approximate surface area is 108 Å². The van der Waals surface area contributed by atoms with Gasteiger partial charge in [-0.1, -0.05) is 29.8 Å². The molecule has 0 bridgehead atoms. The fourth-order valence-corrected chi connectivity index (χ4v) is 2.04. The van der Waals surface area contributed by atoms with E-state index >= 15 is 0 Å². The van der Waals surface area contributed by atoms with Gasteiger partial charge in [-0.2, -0.15) is 0 Å². The van der Waals surface area contributed by atoms with Crippen LogP contribution in [0.25, 0.3) is 11.4 Å². The van der Waals surface area contributed by atoms with Gasteiger partial charge < -0.3 is 5.11 Å². The minimum absolute atomic E-state index is 0.134. The second kappa shape index (κ2) is 5.27. The second-order valence-electron chi connectivity index (χ2n) is 4.54. The van der Waals surface area contributed by atoms with E-state index in [9.17, 15) is 0 Å². The molecule has 3 nitrogen and oxygen atoms in total. The molecule has 0 atom stereocenters. The van der Waals surface area contributed by atoms with Crippen molar-refractivity contribution in [1.82, 2.24) is 9.97 Å². The van der Waals surface area contributed by atoms with Crippen LogP contribution in [0.3, 0.4) is 0 Å². The van der Waals surface area contributed by atoms with Crippen LogP contribution in [0.15, 0.2) is 24.3 Å². The molecule has 0 amide bonds. The lowest BCUT2D eigenvalue weighted by molar-refractivity contribution is 0.299. The molecule has 0 saturated heterocycles. The maximum absolute atomic E-state index is 9.03. The summed E-state index contributed by atoms with van der Waals surface area (Å²) in [6.07, 6.45) is 0.617. The van der Waals surface area contributed by atoms with Crippen molar-refractivity contribution >= 4 is 0 Å². The van der Waals surface area contributed by atoms with Crippen LogP contribution in [0, 0.1) is 20.8 Å². The molecule has 0 radical (unpaired) electrons. The summed E-state index contributed by atoms with van der Waals surface area (Å²) < 4.78 is 0. The van der Waals surface area contributed by atoms with Crippen molar-refractivity contribution in [2.24, 2.45) is 0 Å². The molecule has 94 valence electrons. The summed E-state index contributed by atoms with van der Waals surface area (Å²) in [6, 6.07) is 8.19. The van der Waals surface area contributed by atoms with Crippen molar-refractivity contribution in [3.63, 3.8) is 0 Å². The fraction of sp³-hybridized carbons (Fsp3) is 0.333. The number of aliphatic hydroxyl groups excluding tert-OH is 1. The van der Waals surface area contributed by atoms with E-state index in [1.165, 1.54) is 5.56 Å². The van der Waals surface area contributed by atoms with Gasteiger partial charge in [0.2, 0.25) is 0 Å². The van der Waals surface area contributed by atoms with E-state index in [0.717, 1.165) is 28.3 Å². The van der Waals surface area contributed by atoms with Crippen LogP contribution in [-0.2, 0) is 6.42 Å². The average Bonchev–Trinajstić information content (AvgIpc) is 2.34. The standard InChI is InChI=1S/C15H18N2O/c1-10-4-6-13(7-5-10)15-16-11(2)14(8-9-18)12(3)17-15/h4-7,18H,8-9H2,1-3H3. The summed E-state index contributed by atoms with van der Waals surface area (Å²) in [5.41, 5.74) is 5.21. The lowest BCUT2D eigenvalue weighted by atomic mass is 10.1. The molecule has 2 rings (SSSR count). The van der Waals surface area contributed by atoms with Crippen molar-refractivity contribution in [2.75, 3.05) is 6.61 Å². The van der Waals surface area contributed by atoms with Gasteiger partial charge in [0.15, 0.2) is 5.82 Å². The largest absolute Gasteiger partial charge is 0.396 e. The van der Waals surface area contributed by atoms with Gasteiger partial charge in [-0.3, -0.25) is 0 Å². The third kappa shape index (κ3) is 2.57. The Morgan fingerprint density at radius 2 is 1.50 bits per heavy atom. The summed E-state index contributed by atoms with van der Waals surface area (Å²) >= 11 is 0. The van der Waals surface area contributed by atoms with Gasteiger partial charge in [0.25, 0.3) is 0 Å². The highest BCUT2D eigenvalue weighted by molar-refractivity contribution is 5.56. The van der Waals surface area contributed by atoms with Gasteiger partial charge in [0.05, 0.1) is 0 Å². The van der Waals surface area contributed by atoms with Gasteiger partial charge in [0, 0.05) is 23.6 Å². The number of nitrogens with zero attached hydrogens (tertiary/aromatic N) is 2. The van der Waals surface area contributed by atoms with E-state index in [0.29, 0.717) is 6.42 Å². The van der Waals surface area contributed by atoms with Crippen LogP contribution < -0.4 is 0 Å². The number of hydrogen-bond acceptors (Lipinski definition) is 3. The summed E-state index contributed by atoms with van der Waals surface area (Å²) in [4.78, 5) is 9.06. The molecule has 1 aromatic carbocycles. The van der Waals surface area contributed by atoms with Crippen molar-refractivity contribution in [3.05, 3.63) is 46.8 Å². The van der Waals surface area contributed by atoms with E-state index < -0.39 is 0 Å². The Balaban J connectivity index is 2.44. The number of benzene rings is 1. The number of hydrogen-bond donors (Lipinski definition) is 1. The summed E-state index contributed by atoms with van der Waals surface area (Å²) in [7, 11) is 0. The summed E-state index contributed by atoms with van der Waals surface area (Å²) in [5.74, 6) is 0.756. The minimum Gasteiger partial charge on any atom is -0.396 e. The zero-order valence-corrected chi connectivity index (χ0v) is 11.1. The molecule has 1 N–H and O–H groups in total. The molecule has 0 aliphatic rings. The molecule has 0 spiro atoms. The van der Waals surface area contributed by atoms with Crippen LogP contribution in [0.4, 0.5) is 0 Å². The Morgan fingerprint density at radius 1 is 0.944 bits per heavy atom. The first-order chi connectivity index (χ1) is 8.61. The number of aliphatic hydroxyl groups is 1. The Morgan fingerprint density at radius 3 is 2.00 bits per heavy atom. The van der Waals surface area contributed by atoms with Gasteiger partial charge in [0.1, 0.15) is 0 Å². The predicted molar refractivity (Wildman–Crippen MR) is 72.5 cm³/mol. The molecule has 1 heterocycles. The summed E-state index contributed by atoms with van der Waals surface area (Å²) in [6.45, 7) is 6.13. The highest BCUT2D eigenvalue weighted by Crippen LogP contribution is 2.19. The lowest BCUT2D eigenvalue weighted by Gasteiger charge is -2.10. The molecule has 0 aliphatic carbocycles.